The average Bonchev–Trinajstić information content (AvgIpc) is 2.48. The molecule has 1 aliphatic rings. The normalized spacial score (nSPS) is 22.3. The van der Waals surface area contributed by atoms with E-state index in [0.717, 1.165) is 12.1 Å². The Hall–Kier alpha value is -0.900. The SMILES string of the molecule is CNC1CCCc2c1nnn2C. The molecule has 0 bridgehead atoms. The van der Waals surface area contributed by atoms with Crippen LogP contribution < -0.4 is 5.32 Å². The quantitative estimate of drug-likeness (QED) is 0.657. The molecule has 0 spiro atoms. The highest BCUT2D eigenvalue weighted by Gasteiger charge is 2.23. The van der Waals surface area contributed by atoms with Crippen molar-refractivity contribution in [2.75, 3.05) is 7.05 Å². The molecule has 0 saturated carbocycles. The summed E-state index contributed by atoms with van der Waals surface area (Å²) in [5, 5.41) is 11.4. The molecule has 12 heavy (non-hydrogen) atoms. The van der Waals surface area contributed by atoms with Crippen molar-refractivity contribution in [2.45, 2.75) is 25.3 Å². The number of nitrogens with one attached hydrogen (secondary N) is 1. The Labute approximate surface area is 72.0 Å². The van der Waals surface area contributed by atoms with Crippen LogP contribution in [0.2, 0.25) is 0 Å². The molecule has 4 heteroatoms. The molecule has 1 heterocycles. The minimum absolute atomic E-state index is 0.419. The van der Waals surface area contributed by atoms with Crippen LogP contribution in [-0.2, 0) is 13.5 Å². The van der Waals surface area contributed by atoms with E-state index in [1.54, 1.807) is 0 Å². The van der Waals surface area contributed by atoms with E-state index in [4.69, 9.17) is 0 Å². The molecule has 1 atom stereocenters. The topological polar surface area (TPSA) is 42.7 Å². The maximum Gasteiger partial charge on any atom is 0.103 e. The van der Waals surface area contributed by atoms with E-state index in [9.17, 15) is 0 Å². The summed E-state index contributed by atoms with van der Waals surface area (Å²) in [6, 6.07) is 0.419. The average molecular weight is 166 g/mol. The van der Waals surface area contributed by atoms with Gasteiger partial charge in [-0.05, 0) is 26.3 Å². The van der Waals surface area contributed by atoms with Crippen molar-refractivity contribution in [2.24, 2.45) is 7.05 Å². The molecule has 66 valence electrons. The molecule has 0 amide bonds. The van der Waals surface area contributed by atoms with Crippen LogP contribution in [0, 0.1) is 0 Å². The maximum atomic E-state index is 4.16. The zero-order valence-electron chi connectivity index (χ0n) is 7.54. The van der Waals surface area contributed by atoms with Gasteiger partial charge in [-0.15, -0.1) is 5.10 Å². The predicted octanol–water partition coefficient (Wildman–Crippen LogP) is 0.412. The number of aromatic nitrogens is 3. The first-order valence-corrected chi connectivity index (χ1v) is 4.38. The van der Waals surface area contributed by atoms with Gasteiger partial charge in [0.2, 0.25) is 0 Å². The van der Waals surface area contributed by atoms with Gasteiger partial charge in [0.05, 0.1) is 11.7 Å². The summed E-state index contributed by atoms with van der Waals surface area (Å²) in [7, 11) is 3.94. The van der Waals surface area contributed by atoms with Crippen LogP contribution in [0.15, 0.2) is 0 Å². The lowest BCUT2D eigenvalue weighted by Crippen LogP contribution is -2.22. The fourth-order valence-electron chi connectivity index (χ4n) is 1.84. The number of fused-ring (bicyclic) bond motifs is 1. The molecule has 0 aliphatic heterocycles. The minimum atomic E-state index is 0.419. The zero-order chi connectivity index (χ0) is 8.55. The van der Waals surface area contributed by atoms with E-state index in [0.29, 0.717) is 6.04 Å². The van der Waals surface area contributed by atoms with Gasteiger partial charge < -0.3 is 5.32 Å². The van der Waals surface area contributed by atoms with Gasteiger partial charge in [-0.25, -0.2) is 0 Å². The summed E-state index contributed by atoms with van der Waals surface area (Å²) in [6.07, 6.45) is 3.54. The van der Waals surface area contributed by atoms with Crippen molar-refractivity contribution in [1.82, 2.24) is 20.3 Å². The molecule has 1 unspecified atom stereocenters. The standard InChI is InChI=1S/C8H14N4/c1-9-6-4-3-5-7-8(6)10-11-12(7)2/h6,9H,3-5H2,1-2H3. The van der Waals surface area contributed by atoms with Crippen LogP contribution in [0.3, 0.4) is 0 Å². The molecule has 1 N–H and O–H groups in total. The summed E-state index contributed by atoms with van der Waals surface area (Å²) in [5.74, 6) is 0. The van der Waals surface area contributed by atoms with Gasteiger partial charge in [0.1, 0.15) is 5.69 Å². The van der Waals surface area contributed by atoms with Crippen molar-refractivity contribution >= 4 is 0 Å². The smallest absolute Gasteiger partial charge is 0.103 e. The Kier molecular flexibility index (Phi) is 1.84. The lowest BCUT2D eigenvalue weighted by atomic mass is 9.96. The van der Waals surface area contributed by atoms with E-state index in [1.807, 2.05) is 18.8 Å². The lowest BCUT2D eigenvalue weighted by Gasteiger charge is -2.19. The largest absolute Gasteiger partial charge is 0.312 e. The summed E-state index contributed by atoms with van der Waals surface area (Å²) in [6.45, 7) is 0. The fraction of sp³-hybridized carbons (Fsp3) is 0.750. The molecular weight excluding hydrogens is 152 g/mol. The van der Waals surface area contributed by atoms with Crippen molar-refractivity contribution < 1.29 is 0 Å². The summed E-state index contributed by atoms with van der Waals surface area (Å²) in [5.41, 5.74) is 2.44. The van der Waals surface area contributed by atoms with Crippen molar-refractivity contribution in [3.63, 3.8) is 0 Å². The first kappa shape index (κ1) is 7.73. The molecular formula is C8H14N4. The van der Waals surface area contributed by atoms with Gasteiger partial charge >= 0.3 is 0 Å². The Balaban J connectivity index is 2.38. The second-order valence-corrected chi connectivity index (χ2v) is 3.28. The molecule has 2 rings (SSSR count). The molecule has 0 radical (unpaired) electrons. The van der Waals surface area contributed by atoms with Gasteiger partial charge in [0.25, 0.3) is 0 Å². The number of rotatable bonds is 1. The second kappa shape index (κ2) is 2.86. The van der Waals surface area contributed by atoms with E-state index < -0.39 is 0 Å². The first-order chi connectivity index (χ1) is 5.83. The first-order valence-electron chi connectivity index (χ1n) is 4.38. The van der Waals surface area contributed by atoms with Crippen LogP contribution in [0.25, 0.3) is 0 Å². The monoisotopic (exact) mass is 166 g/mol. The van der Waals surface area contributed by atoms with Crippen LogP contribution >= 0.6 is 0 Å². The van der Waals surface area contributed by atoms with E-state index in [-0.39, 0.29) is 0 Å². The molecule has 1 aromatic rings. The summed E-state index contributed by atoms with van der Waals surface area (Å²) in [4.78, 5) is 0. The van der Waals surface area contributed by atoms with Crippen LogP contribution in [0.4, 0.5) is 0 Å². The third-order valence-electron chi connectivity index (χ3n) is 2.56. The molecule has 0 fully saturated rings. The highest BCUT2D eigenvalue weighted by atomic mass is 15.4. The summed E-state index contributed by atoms with van der Waals surface area (Å²) < 4.78 is 1.89. The van der Waals surface area contributed by atoms with Crippen LogP contribution in [0.5, 0.6) is 0 Å². The van der Waals surface area contributed by atoms with E-state index in [1.165, 1.54) is 18.5 Å². The Morgan fingerprint density at radius 2 is 2.42 bits per heavy atom. The van der Waals surface area contributed by atoms with Crippen molar-refractivity contribution in [3.8, 4) is 0 Å². The van der Waals surface area contributed by atoms with Gasteiger partial charge in [0, 0.05) is 7.05 Å². The van der Waals surface area contributed by atoms with Gasteiger partial charge in [-0.3, -0.25) is 4.68 Å². The van der Waals surface area contributed by atoms with Crippen molar-refractivity contribution in [1.29, 1.82) is 0 Å². The minimum Gasteiger partial charge on any atom is -0.312 e. The Morgan fingerprint density at radius 1 is 1.58 bits per heavy atom. The third kappa shape index (κ3) is 1.03. The number of hydrogen-bond acceptors (Lipinski definition) is 3. The van der Waals surface area contributed by atoms with E-state index in [2.05, 4.69) is 15.6 Å². The third-order valence-corrected chi connectivity index (χ3v) is 2.56. The fourth-order valence-corrected chi connectivity index (χ4v) is 1.84. The lowest BCUT2D eigenvalue weighted by molar-refractivity contribution is 0.479. The molecule has 0 saturated heterocycles. The molecule has 4 nitrogen and oxygen atoms in total. The van der Waals surface area contributed by atoms with E-state index >= 15 is 0 Å². The maximum absolute atomic E-state index is 4.16. The van der Waals surface area contributed by atoms with Crippen molar-refractivity contribution in [3.05, 3.63) is 11.4 Å². The Morgan fingerprint density at radius 3 is 3.17 bits per heavy atom. The van der Waals surface area contributed by atoms with Gasteiger partial charge in [-0.1, -0.05) is 5.21 Å². The second-order valence-electron chi connectivity index (χ2n) is 3.28. The molecule has 1 aromatic heterocycles. The number of hydrogen-bond donors (Lipinski definition) is 1. The number of aryl methyl sites for hydroxylation is 1. The summed E-state index contributed by atoms with van der Waals surface area (Å²) >= 11 is 0. The molecule has 1 aliphatic carbocycles. The van der Waals surface area contributed by atoms with Crippen LogP contribution in [-0.4, -0.2) is 22.0 Å². The van der Waals surface area contributed by atoms with Gasteiger partial charge in [-0.2, -0.15) is 0 Å². The van der Waals surface area contributed by atoms with Crippen LogP contribution in [0.1, 0.15) is 30.3 Å². The Bertz CT molecular complexity index is 279. The highest BCUT2D eigenvalue weighted by Crippen LogP contribution is 2.26. The number of nitrogens with zero attached hydrogens (tertiary/aromatic N) is 3. The highest BCUT2D eigenvalue weighted by molar-refractivity contribution is 5.17. The predicted molar refractivity (Wildman–Crippen MR) is 45.7 cm³/mol. The van der Waals surface area contributed by atoms with Gasteiger partial charge in [0.15, 0.2) is 0 Å². The zero-order valence-corrected chi connectivity index (χ0v) is 7.54. The molecule has 0 aromatic carbocycles.